The zero-order valence-corrected chi connectivity index (χ0v) is 12.6. The Balaban J connectivity index is 2.68. The van der Waals surface area contributed by atoms with E-state index in [1.807, 2.05) is 20.8 Å². The van der Waals surface area contributed by atoms with Crippen molar-refractivity contribution >= 4 is 21.9 Å². The molecule has 0 aliphatic rings. The number of rotatable bonds is 6. The summed E-state index contributed by atoms with van der Waals surface area (Å²) in [7, 11) is 0. The zero-order chi connectivity index (χ0) is 13.5. The first-order valence-electron chi connectivity index (χ1n) is 6.14. The van der Waals surface area contributed by atoms with Crippen LogP contribution in [0.25, 0.3) is 0 Å². The van der Waals surface area contributed by atoms with Crippen LogP contribution < -0.4 is 4.74 Å². The largest absolute Gasteiger partial charge is 0.492 e. The van der Waals surface area contributed by atoms with Gasteiger partial charge in [0.05, 0.1) is 23.2 Å². The van der Waals surface area contributed by atoms with Crippen LogP contribution in [0.4, 0.5) is 0 Å². The molecule has 0 bridgehead atoms. The first-order chi connectivity index (χ1) is 8.54. The first-order valence-corrected chi connectivity index (χ1v) is 6.93. The van der Waals surface area contributed by atoms with Crippen molar-refractivity contribution < 1.29 is 14.3 Å². The van der Waals surface area contributed by atoms with Gasteiger partial charge in [0.25, 0.3) is 0 Å². The molecule has 0 spiro atoms. The van der Waals surface area contributed by atoms with Crippen LogP contribution in [0.5, 0.6) is 5.75 Å². The lowest BCUT2D eigenvalue weighted by molar-refractivity contribution is 0.0459. The summed E-state index contributed by atoms with van der Waals surface area (Å²) in [5.41, 5.74) is 0.534. The molecule has 4 heteroatoms. The standard InChI is InChI=1S/C14H19BrO3/c1-4-7-17-13-6-5-11(8-12(13)15)14(16)18-9-10(2)3/h5-6,8,10H,4,7,9H2,1-3H3. The van der Waals surface area contributed by atoms with Gasteiger partial charge >= 0.3 is 5.97 Å². The lowest BCUT2D eigenvalue weighted by Gasteiger charge is -2.10. The third kappa shape index (κ3) is 4.69. The van der Waals surface area contributed by atoms with Crippen LogP contribution in [0.2, 0.25) is 0 Å². The Kier molecular flexibility index (Phi) is 6.19. The summed E-state index contributed by atoms with van der Waals surface area (Å²) in [6.07, 6.45) is 0.949. The highest BCUT2D eigenvalue weighted by molar-refractivity contribution is 9.10. The second-order valence-electron chi connectivity index (χ2n) is 4.49. The highest BCUT2D eigenvalue weighted by atomic mass is 79.9. The summed E-state index contributed by atoms with van der Waals surface area (Å²) < 4.78 is 11.5. The molecule has 0 atom stereocenters. The fraction of sp³-hybridized carbons (Fsp3) is 0.500. The molecular formula is C14H19BrO3. The third-order valence-corrected chi connectivity index (χ3v) is 2.80. The molecule has 0 aliphatic heterocycles. The van der Waals surface area contributed by atoms with Gasteiger partial charge in [0.1, 0.15) is 5.75 Å². The van der Waals surface area contributed by atoms with E-state index >= 15 is 0 Å². The number of carbonyl (C=O) groups is 1. The molecule has 0 heterocycles. The van der Waals surface area contributed by atoms with E-state index in [0.29, 0.717) is 24.7 Å². The van der Waals surface area contributed by atoms with Crippen molar-refractivity contribution in [1.29, 1.82) is 0 Å². The average Bonchev–Trinajstić information content (AvgIpc) is 2.34. The number of hydrogen-bond acceptors (Lipinski definition) is 3. The van der Waals surface area contributed by atoms with Gasteiger partial charge in [-0.3, -0.25) is 0 Å². The van der Waals surface area contributed by atoms with E-state index in [2.05, 4.69) is 15.9 Å². The Labute approximate surface area is 117 Å². The zero-order valence-electron chi connectivity index (χ0n) is 11.0. The van der Waals surface area contributed by atoms with Crippen molar-refractivity contribution in [1.82, 2.24) is 0 Å². The van der Waals surface area contributed by atoms with Crippen molar-refractivity contribution in [3.8, 4) is 5.75 Å². The maximum absolute atomic E-state index is 11.7. The van der Waals surface area contributed by atoms with Gasteiger partial charge < -0.3 is 9.47 Å². The first kappa shape index (κ1) is 15.0. The fourth-order valence-corrected chi connectivity index (χ4v) is 1.78. The minimum absolute atomic E-state index is 0.300. The Hall–Kier alpha value is -1.03. The number of benzene rings is 1. The molecule has 0 radical (unpaired) electrons. The highest BCUT2D eigenvalue weighted by Gasteiger charge is 2.11. The minimum atomic E-state index is -0.300. The van der Waals surface area contributed by atoms with Crippen LogP contribution in [0.3, 0.4) is 0 Å². The van der Waals surface area contributed by atoms with Crippen LogP contribution in [0.15, 0.2) is 22.7 Å². The molecule has 0 N–H and O–H groups in total. The Bertz CT molecular complexity index is 402. The van der Waals surface area contributed by atoms with Gasteiger partial charge in [0.2, 0.25) is 0 Å². The molecule has 1 aromatic rings. The van der Waals surface area contributed by atoms with Crippen molar-refractivity contribution in [3.63, 3.8) is 0 Å². The van der Waals surface area contributed by atoms with Crippen molar-refractivity contribution in [2.24, 2.45) is 5.92 Å². The number of halogens is 1. The molecule has 1 rings (SSSR count). The molecule has 0 saturated carbocycles. The minimum Gasteiger partial charge on any atom is -0.492 e. The number of esters is 1. The van der Waals surface area contributed by atoms with Crippen molar-refractivity contribution in [2.45, 2.75) is 27.2 Å². The molecular weight excluding hydrogens is 296 g/mol. The van der Waals surface area contributed by atoms with Crippen molar-refractivity contribution in [3.05, 3.63) is 28.2 Å². The Morgan fingerprint density at radius 1 is 1.39 bits per heavy atom. The van der Waals surface area contributed by atoms with E-state index in [4.69, 9.17) is 9.47 Å². The maximum atomic E-state index is 11.7. The smallest absolute Gasteiger partial charge is 0.338 e. The molecule has 18 heavy (non-hydrogen) atoms. The number of carbonyl (C=O) groups excluding carboxylic acids is 1. The van der Waals surface area contributed by atoms with E-state index in [-0.39, 0.29) is 5.97 Å². The highest BCUT2D eigenvalue weighted by Crippen LogP contribution is 2.26. The summed E-state index contributed by atoms with van der Waals surface area (Å²) in [6, 6.07) is 5.23. The van der Waals surface area contributed by atoms with Gasteiger partial charge in [0.15, 0.2) is 0 Å². The Morgan fingerprint density at radius 2 is 2.11 bits per heavy atom. The van der Waals surface area contributed by atoms with Crippen LogP contribution in [-0.2, 0) is 4.74 Å². The average molecular weight is 315 g/mol. The molecule has 1 aromatic carbocycles. The third-order valence-electron chi connectivity index (χ3n) is 2.18. The van der Waals surface area contributed by atoms with E-state index in [1.54, 1.807) is 18.2 Å². The van der Waals surface area contributed by atoms with Gasteiger partial charge in [0, 0.05) is 0 Å². The SMILES string of the molecule is CCCOc1ccc(C(=O)OCC(C)C)cc1Br. The molecule has 0 aromatic heterocycles. The quantitative estimate of drug-likeness (QED) is 0.743. The summed E-state index contributed by atoms with van der Waals surface area (Å²) in [5.74, 6) is 0.785. The predicted molar refractivity (Wildman–Crippen MR) is 75.0 cm³/mol. The van der Waals surface area contributed by atoms with Crippen LogP contribution >= 0.6 is 15.9 Å². The molecule has 0 saturated heterocycles. The molecule has 0 aliphatic carbocycles. The summed E-state index contributed by atoms with van der Waals surface area (Å²) in [6.45, 7) is 7.15. The van der Waals surface area contributed by atoms with Gasteiger partial charge in [-0.2, -0.15) is 0 Å². The monoisotopic (exact) mass is 314 g/mol. The van der Waals surface area contributed by atoms with E-state index in [9.17, 15) is 4.79 Å². The van der Waals surface area contributed by atoms with Crippen LogP contribution in [-0.4, -0.2) is 19.2 Å². The van der Waals surface area contributed by atoms with Crippen LogP contribution in [0.1, 0.15) is 37.6 Å². The lowest BCUT2D eigenvalue weighted by Crippen LogP contribution is -2.10. The predicted octanol–water partition coefficient (Wildman–Crippen LogP) is 4.05. The molecule has 0 unspecified atom stereocenters. The Morgan fingerprint density at radius 3 is 2.67 bits per heavy atom. The summed E-state index contributed by atoms with van der Waals surface area (Å²) in [5, 5.41) is 0. The van der Waals surface area contributed by atoms with Crippen LogP contribution in [0, 0.1) is 5.92 Å². The number of ether oxygens (including phenoxy) is 2. The fourth-order valence-electron chi connectivity index (χ4n) is 1.28. The van der Waals surface area contributed by atoms with Gasteiger partial charge in [-0.1, -0.05) is 20.8 Å². The second-order valence-corrected chi connectivity index (χ2v) is 5.34. The van der Waals surface area contributed by atoms with Gasteiger partial charge in [-0.25, -0.2) is 4.79 Å². The van der Waals surface area contributed by atoms with E-state index in [0.717, 1.165) is 16.6 Å². The van der Waals surface area contributed by atoms with Gasteiger partial charge in [-0.15, -0.1) is 0 Å². The molecule has 100 valence electrons. The van der Waals surface area contributed by atoms with Gasteiger partial charge in [-0.05, 0) is 46.5 Å². The molecule has 0 amide bonds. The lowest BCUT2D eigenvalue weighted by atomic mass is 10.2. The second kappa shape index (κ2) is 7.41. The molecule has 3 nitrogen and oxygen atoms in total. The number of hydrogen-bond donors (Lipinski definition) is 0. The van der Waals surface area contributed by atoms with Crippen molar-refractivity contribution in [2.75, 3.05) is 13.2 Å². The summed E-state index contributed by atoms with van der Waals surface area (Å²) in [4.78, 5) is 11.7. The van der Waals surface area contributed by atoms with E-state index in [1.165, 1.54) is 0 Å². The normalized spacial score (nSPS) is 10.5. The maximum Gasteiger partial charge on any atom is 0.338 e. The molecule has 0 fully saturated rings. The van der Waals surface area contributed by atoms with E-state index < -0.39 is 0 Å². The topological polar surface area (TPSA) is 35.5 Å². The summed E-state index contributed by atoms with van der Waals surface area (Å²) >= 11 is 3.39.